The first-order chi connectivity index (χ1) is 16.2. The Morgan fingerprint density at radius 1 is 1.06 bits per heavy atom. The minimum atomic E-state index is -3.70. The Hall–Kier alpha value is -2.75. The van der Waals surface area contributed by atoms with E-state index in [1.165, 1.54) is 38.4 Å². The van der Waals surface area contributed by atoms with Crippen molar-refractivity contribution >= 4 is 32.4 Å². The number of benzene rings is 2. The molecule has 6 nitrogen and oxygen atoms in total. The number of nitrogens with zero attached hydrogens (tertiary/aromatic N) is 3. The molecule has 34 heavy (non-hydrogen) atoms. The van der Waals surface area contributed by atoms with Gasteiger partial charge in [-0.1, -0.05) is 6.08 Å². The monoisotopic (exact) mass is 486 g/mol. The molecule has 9 heteroatoms. The second kappa shape index (κ2) is 8.79. The van der Waals surface area contributed by atoms with E-state index >= 15 is 0 Å². The van der Waals surface area contributed by atoms with Gasteiger partial charge in [-0.3, -0.25) is 9.21 Å². The molecule has 0 saturated heterocycles. The highest BCUT2D eigenvalue weighted by molar-refractivity contribution is 7.90. The second-order valence-electron chi connectivity index (χ2n) is 9.16. The van der Waals surface area contributed by atoms with Crippen LogP contribution in [0.5, 0.6) is 0 Å². The Bertz CT molecular complexity index is 1370. The zero-order chi connectivity index (χ0) is 24.0. The van der Waals surface area contributed by atoms with Crippen LogP contribution in [-0.2, 0) is 16.8 Å². The second-order valence-corrected chi connectivity index (χ2v) is 11.0. The summed E-state index contributed by atoms with van der Waals surface area (Å²) in [6.45, 7) is 6.17. The van der Waals surface area contributed by atoms with Crippen molar-refractivity contribution in [2.75, 3.05) is 30.5 Å². The Morgan fingerprint density at radius 2 is 1.82 bits per heavy atom. The lowest BCUT2D eigenvalue weighted by molar-refractivity contribution is 0.305. The average molecular weight is 487 g/mol. The first-order valence-electron chi connectivity index (χ1n) is 11.5. The topological polar surface area (TPSA) is 59.6 Å². The minimum Gasteiger partial charge on any atom is -0.360 e. The van der Waals surface area contributed by atoms with E-state index in [-0.39, 0.29) is 24.2 Å². The number of H-pyrrole nitrogens is 1. The van der Waals surface area contributed by atoms with Gasteiger partial charge in [-0.25, -0.2) is 8.78 Å². The minimum absolute atomic E-state index is 0.175. The zero-order valence-corrected chi connectivity index (χ0v) is 20.1. The number of aromatic nitrogens is 1. The summed E-state index contributed by atoms with van der Waals surface area (Å²) in [6, 6.07) is 8.84. The maximum absolute atomic E-state index is 13.9. The van der Waals surface area contributed by atoms with Crippen molar-refractivity contribution < 1.29 is 17.2 Å². The van der Waals surface area contributed by atoms with Gasteiger partial charge in [0.25, 0.3) is 0 Å². The molecule has 180 valence electrons. The lowest BCUT2D eigenvalue weighted by Gasteiger charge is -2.40. The van der Waals surface area contributed by atoms with Crippen LogP contribution in [0.1, 0.15) is 31.4 Å². The van der Waals surface area contributed by atoms with E-state index in [4.69, 9.17) is 0 Å². The van der Waals surface area contributed by atoms with Crippen molar-refractivity contribution in [3.8, 4) is 0 Å². The van der Waals surface area contributed by atoms with Crippen LogP contribution in [0.3, 0.4) is 0 Å². The van der Waals surface area contributed by atoms with Crippen LogP contribution in [0, 0.1) is 11.6 Å². The fourth-order valence-corrected chi connectivity index (χ4v) is 6.69. The number of halogens is 2. The van der Waals surface area contributed by atoms with Crippen LogP contribution in [0.15, 0.2) is 48.7 Å². The van der Waals surface area contributed by atoms with Crippen LogP contribution in [0.4, 0.5) is 14.5 Å². The molecule has 1 N–H and O–H groups in total. The Kier molecular flexibility index (Phi) is 5.95. The maximum atomic E-state index is 13.9. The number of fused-ring (bicyclic) bond motifs is 2. The van der Waals surface area contributed by atoms with Crippen LogP contribution in [-0.4, -0.2) is 54.8 Å². The van der Waals surface area contributed by atoms with Gasteiger partial charge in [-0.05, 0) is 67.8 Å². The van der Waals surface area contributed by atoms with Gasteiger partial charge in [0.05, 0.1) is 5.69 Å². The molecule has 0 saturated carbocycles. The third kappa shape index (κ3) is 4.12. The van der Waals surface area contributed by atoms with Crippen molar-refractivity contribution in [3.63, 3.8) is 0 Å². The summed E-state index contributed by atoms with van der Waals surface area (Å²) >= 11 is 0. The molecule has 1 aromatic heterocycles. The molecule has 5 rings (SSSR count). The SMILES string of the molecule is CC(C)N1Cc2cc(F)ccc2N(CCN2CC=C(c3c[nH]c4cc(F)ccc34)CC2)S1(=O)=O. The number of rotatable bonds is 5. The van der Waals surface area contributed by atoms with Crippen LogP contribution < -0.4 is 4.31 Å². The molecule has 0 bridgehead atoms. The Labute approximate surface area is 198 Å². The maximum Gasteiger partial charge on any atom is 0.304 e. The third-order valence-electron chi connectivity index (χ3n) is 6.69. The van der Waals surface area contributed by atoms with Gasteiger partial charge in [0.1, 0.15) is 11.6 Å². The highest BCUT2D eigenvalue weighted by Crippen LogP contribution is 2.34. The quantitative estimate of drug-likeness (QED) is 0.577. The molecule has 2 aliphatic rings. The number of anilines is 1. The molecule has 0 aliphatic carbocycles. The fourth-order valence-electron chi connectivity index (χ4n) is 4.86. The van der Waals surface area contributed by atoms with Gasteiger partial charge >= 0.3 is 10.2 Å². The van der Waals surface area contributed by atoms with Crippen LogP contribution >= 0.6 is 0 Å². The molecule has 3 heterocycles. The summed E-state index contributed by atoms with van der Waals surface area (Å²) in [5.41, 5.74) is 4.29. The largest absolute Gasteiger partial charge is 0.360 e. The normalized spacial score (nSPS) is 19.0. The van der Waals surface area contributed by atoms with Crippen molar-refractivity contribution in [2.45, 2.75) is 32.9 Å². The van der Waals surface area contributed by atoms with Crippen LogP contribution in [0.25, 0.3) is 16.5 Å². The molecule has 0 radical (unpaired) electrons. The Balaban J connectivity index is 1.32. The van der Waals surface area contributed by atoms with Gasteiger partial charge in [0.15, 0.2) is 0 Å². The van der Waals surface area contributed by atoms with Gasteiger partial charge in [-0.15, -0.1) is 0 Å². The summed E-state index contributed by atoms with van der Waals surface area (Å²) in [5.74, 6) is -0.631. The van der Waals surface area contributed by atoms with Gasteiger partial charge in [0.2, 0.25) is 0 Å². The molecular weight excluding hydrogens is 458 g/mol. The van der Waals surface area contributed by atoms with E-state index in [1.54, 1.807) is 12.1 Å². The zero-order valence-electron chi connectivity index (χ0n) is 19.3. The number of hydrogen-bond acceptors (Lipinski definition) is 3. The summed E-state index contributed by atoms with van der Waals surface area (Å²) in [4.78, 5) is 5.36. The smallest absolute Gasteiger partial charge is 0.304 e. The molecule has 0 fully saturated rings. The summed E-state index contributed by atoms with van der Waals surface area (Å²) in [7, 11) is -3.70. The first-order valence-corrected chi connectivity index (χ1v) is 12.9. The molecule has 0 amide bonds. The predicted octanol–water partition coefficient (Wildman–Crippen LogP) is 4.51. The third-order valence-corrected chi connectivity index (χ3v) is 8.77. The number of hydrogen-bond donors (Lipinski definition) is 1. The number of nitrogens with one attached hydrogen (secondary N) is 1. The van der Waals surface area contributed by atoms with E-state index in [0.717, 1.165) is 29.4 Å². The lowest BCUT2D eigenvalue weighted by Crippen LogP contribution is -2.52. The van der Waals surface area contributed by atoms with Gasteiger partial charge < -0.3 is 4.98 Å². The van der Waals surface area contributed by atoms with E-state index in [9.17, 15) is 17.2 Å². The highest BCUT2D eigenvalue weighted by atomic mass is 32.2. The van der Waals surface area contributed by atoms with Crippen molar-refractivity contribution in [3.05, 3.63) is 71.4 Å². The predicted molar refractivity (Wildman–Crippen MR) is 131 cm³/mol. The highest BCUT2D eigenvalue weighted by Gasteiger charge is 2.38. The van der Waals surface area contributed by atoms with Gasteiger partial charge in [0, 0.05) is 61.4 Å². The standard InChI is InChI=1S/C25H28F2N4O2S/c1-17(2)31-16-19-13-20(26)4-6-25(19)30(34(31,32)33)12-11-29-9-7-18(8-10-29)23-15-28-24-14-21(27)3-5-22(23)24/h3-7,13-15,17,28H,8-12,16H2,1-2H3. The molecule has 0 unspecified atom stereocenters. The van der Waals surface area contributed by atoms with Crippen molar-refractivity contribution in [1.29, 1.82) is 0 Å². The van der Waals surface area contributed by atoms with Gasteiger partial charge in [-0.2, -0.15) is 12.7 Å². The van der Waals surface area contributed by atoms with Crippen molar-refractivity contribution in [1.82, 2.24) is 14.2 Å². The van der Waals surface area contributed by atoms with E-state index in [2.05, 4.69) is 16.0 Å². The molecule has 2 aromatic carbocycles. The Morgan fingerprint density at radius 3 is 2.56 bits per heavy atom. The molecule has 0 atom stereocenters. The van der Waals surface area contributed by atoms with E-state index < -0.39 is 10.2 Å². The lowest BCUT2D eigenvalue weighted by atomic mass is 9.99. The fraction of sp³-hybridized carbons (Fsp3) is 0.360. The van der Waals surface area contributed by atoms with E-state index in [1.807, 2.05) is 20.0 Å². The van der Waals surface area contributed by atoms with Crippen LogP contribution in [0.2, 0.25) is 0 Å². The molecule has 3 aromatic rings. The molecule has 0 spiro atoms. The molecular formula is C25H28F2N4O2S. The number of aromatic amines is 1. The summed E-state index contributed by atoms with van der Waals surface area (Å²) in [6.07, 6.45) is 4.89. The average Bonchev–Trinajstić information content (AvgIpc) is 3.21. The summed E-state index contributed by atoms with van der Waals surface area (Å²) < 4.78 is 56.9. The van der Waals surface area contributed by atoms with E-state index in [0.29, 0.717) is 30.9 Å². The van der Waals surface area contributed by atoms with Crippen molar-refractivity contribution in [2.24, 2.45) is 0 Å². The first kappa shape index (κ1) is 23.0. The molecule has 2 aliphatic heterocycles. The summed E-state index contributed by atoms with van der Waals surface area (Å²) in [5, 5.41) is 0.998.